The van der Waals surface area contributed by atoms with E-state index in [-0.39, 0.29) is 42.8 Å². The van der Waals surface area contributed by atoms with Crippen LogP contribution >= 0.6 is 15.1 Å². The van der Waals surface area contributed by atoms with Crippen LogP contribution in [0.15, 0.2) is 24.3 Å². The predicted octanol–water partition coefficient (Wildman–Crippen LogP) is 14.7. The van der Waals surface area contributed by atoms with Crippen LogP contribution in [0.1, 0.15) is 211 Å². The van der Waals surface area contributed by atoms with E-state index in [2.05, 4.69) is 190 Å². The van der Waals surface area contributed by atoms with Crippen LogP contribution in [0.25, 0.3) is 0 Å². The van der Waals surface area contributed by atoms with Gasteiger partial charge in [-0.15, -0.1) is 7.17 Å². The molecule has 0 saturated carbocycles. The standard InChI is InChI=1S/C46H76P2/c1-39(2,3)29-25-31(41(7,8)9)35(32(26-29)42(10,11)12)37-47(45(19,20)21)38(48(37)46(22,23)24)36-33(43(13,14)15)27-30(40(4,5)6)28-34(36)44(16,17)18/h25-28H,1-24H3. The minimum absolute atomic E-state index is 0.0264. The van der Waals surface area contributed by atoms with Gasteiger partial charge in [-0.1, -0.05) is 190 Å². The molecule has 0 spiro atoms. The first-order valence-electron chi connectivity index (χ1n) is 18.7. The molecule has 270 valence electrons. The van der Waals surface area contributed by atoms with Gasteiger partial charge in [0.25, 0.3) is 0 Å². The highest BCUT2D eigenvalue weighted by Crippen LogP contribution is 2.71. The zero-order valence-corrected chi connectivity index (χ0v) is 38.0. The van der Waals surface area contributed by atoms with E-state index in [0.717, 1.165) is 0 Å². The van der Waals surface area contributed by atoms with Gasteiger partial charge in [-0.25, -0.2) is 0 Å². The molecule has 1 aliphatic rings. The van der Waals surface area contributed by atoms with E-state index in [1.54, 1.807) is 33.4 Å². The Balaban J connectivity index is 2.90. The summed E-state index contributed by atoms with van der Waals surface area (Å²) in [4.78, 5) is 0. The highest BCUT2D eigenvalue weighted by molar-refractivity contribution is 8.16. The van der Waals surface area contributed by atoms with Gasteiger partial charge >= 0.3 is 0 Å². The van der Waals surface area contributed by atoms with Crippen molar-refractivity contribution in [2.75, 3.05) is 0 Å². The maximum Gasteiger partial charge on any atom is 0.00951 e. The molecule has 2 heteroatoms. The topological polar surface area (TPSA) is 0 Å². The summed E-state index contributed by atoms with van der Waals surface area (Å²) in [6.45, 7) is 59.0. The van der Waals surface area contributed by atoms with Crippen molar-refractivity contribution in [2.45, 2.75) is 209 Å². The fourth-order valence-electron chi connectivity index (χ4n) is 7.07. The Morgan fingerprint density at radius 3 is 0.688 bits per heavy atom. The summed E-state index contributed by atoms with van der Waals surface area (Å²) < 4.78 is 0. The van der Waals surface area contributed by atoms with Gasteiger partial charge in [0.1, 0.15) is 0 Å². The van der Waals surface area contributed by atoms with E-state index in [1.165, 1.54) is 11.1 Å². The average Bonchev–Trinajstić information content (AvgIpc) is 2.77. The molecule has 0 saturated heterocycles. The van der Waals surface area contributed by atoms with Crippen LogP contribution in [0.3, 0.4) is 0 Å². The fraction of sp³-hybridized carbons (Fsp3) is 0.696. The number of rotatable bonds is 2. The van der Waals surface area contributed by atoms with Crippen molar-refractivity contribution >= 4 is 25.2 Å². The fourth-order valence-corrected chi connectivity index (χ4v) is 17.6. The van der Waals surface area contributed by atoms with Gasteiger partial charge in [0.05, 0.1) is 0 Å². The molecule has 48 heavy (non-hydrogen) atoms. The second-order valence-corrected chi connectivity index (χ2v) is 29.6. The Kier molecular flexibility index (Phi) is 10.6. The molecule has 0 radical (unpaired) electrons. The van der Waals surface area contributed by atoms with Crippen LogP contribution in [0.2, 0.25) is 0 Å². The quantitative estimate of drug-likeness (QED) is 0.275. The van der Waals surface area contributed by atoms with Gasteiger partial charge in [-0.3, -0.25) is 0 Å². The lowest BCUT2D eigenvalue weighted by atomic mass is 9.72. The van der Waals surface area contributed by atoms with Crippen LogP contribution in [0.4, 0.5) is 0 Å². The molecule has 3 rings (SSSR count). The first-order valence-corrected chi connectivity index (χ1v) is 21.3. The van der Waals surface area contributed by atoms with E-state index in [0.29, 0.717) is 0 Å². The minimum Gasteiger partial charge on any atom is -0.102 e. The Bertz CT molecular complexity index is 1460. The Morgan fingerprint density at radius 2 is 0.542 bits per heavy atom. The Morgan fingerprint density at radius 1 is 0.312 bits per heavy atom. The van der Waals surface area contributed by atoms with Gasteiger partial charge < -0.3 is 0 Å². The van der Waals surface area contributed by atoms with Gasteiger partial charge in [-0.05, 0) is 90.1 Å². The molecule has 0 atom stereocenters. The monoisotopic (exact) mass is 691 g/mol. The van der Waals surface area contributed by atoms with Crippen LogP contribution in [0.5, 0.6) is 0 Å². The second-order valence-electron chi connectivity index (χ2n) is 23.1. The van der Waals surface area contributed by atoms with E-state index >= 15 is 0 Å². The molecular weight excluding hydrogens is 614 g/mol. The first-order chi connectivity index (χ1) is 20.9. The van der Waals surface area contributed by atoms with E-state index in [4.69, 9.17) is 0 Å². The molecule has 0 unspecified atom stereocenters. The van der Waals surface area contributed by atoms with Crippen molar-refractivity contribution in [1.82, 2.24) is 0 Å². The molecule has 1 heterocycles. The van der Waals surface area contributed by atoms with E-state index in [1.807, 2.05) is 10.1 Å². The van der Waals surface area contributed by atoms with Gasteiger partial charge in [0, 0.05) is 15.2 Å². The molecule has 0 fully saturated rings. The van der Waals surface area contributed by atoms with Crippen LogP contribution in [0, 0.1) is 0 Å². The summed E-state index contributed by atoms with van der Waals surface area (Å²) in [6, 6.07) is 10.4. The van der Waals surface area contributed by atoms with Gasteiger partial charge in [0.2, 0.25) is 0 Å². The highest BCUT2D eigenvalue weighted by Gasteiger charge is 2.48. The summed E-state index contributed by atoms with van der Waals surface area (Å²) >= 11 is 0. The third-order valence-electron chi connectivity index (χ3n) is 9.88. The van der Waals surface area contributed by atoms with E-state index in [9.17, 15) is 0 Å². The largest absolute Gasteiger partial charge is 0.102 e. The molecule has 2 aromatic rings. The lowest BCUT2D eigenvalue weighted by Crippen LogP contribution is -2.37. The summed E-state index contributed by atoms with van der Waals surface area (Å²) in [6.07, 6.45) is 0. The number of hydrogen-bond donors (Lipinski definition) is 0. The molecule has 0 nitrogen and oxygen atoms in total. The zero-order chi connectivity index (χ0) is 37.8. The van der Waals surface area contributed by atoms with Crippen molar-refractivity contribution in [3.8, 4) is 0 Å². The predicted molar refractivity (Wildman–Crippen MR) is 227 cm³/mol. The normalized spacial score (nSPS) is 18.4. The van der Waals surface area contributed by atoms with Crippen LogP contribution in [-0.2, 0) is 32.5 Å². The summed E-state index contributed by atoms with van der Waals surface area (Å²) in [5.74, 6) is 0. The van der Waals surface area contributed by atoms with Crippen molar-refractivity contribution in [1.29, 1.82) is 0 Å². The molecule has 0 amide bonds. The summed E-state index contributed by atoms with van der Waals surface area (Å²) in [7, 11) is -1.18. The number of benzene rings is 2. The van der Waals surface area contributed by atoms with Crippen molar-refractivity contribution < 1.29 is 0 Å². The molecule has 1 aliphatic heterocycles. The molecule has 2 aromatic carbocycles. The SMILES string of the molecule is CC(C)(C)c1cc(C(C)(C)C)c(C2=P(C(C)(C)C)=C(c3c(C(C)(C)C)cc(C(C)(C)C)cc3C(C)(C)C)P2C(C)(C)C)c(C(C)(C)C)c1. The molecule has 0 N–H and O–H groups in total. The molecule has 0 aliphatic carbocycles. The Hall–Kier alpha value is -1.09. The number of hydrogen-bond acceptors (Lipinski definition) is 0. The average molecular weight is 691 g/mol. The smallest absolute Gasteiger partial charge is 0.00951 e. The maximum absolute atomic E-state index is 2.61. The first kappa shape index (κ1) is 41.3. The molecule has 0 bridgehead atoms. The van der Waals surface area contributed by atoms with Crippen LogP contribution < -0.4 is 0 Å². The third kappa shape index (κ3) is 8.18. The maximum atomic E-state index is 2.61. The van der Waals surface area contributed by atoms with Gasteiger partial charge in [0.15, 0.2) is 0 Å². The van der Waals surface area contributed by atoms with Crippen molar-refractivity contribution in [3.63, 3.8) is 0 Å². The van der Waals surface area contributed by atoms with E-state index < -0.39 is 15.1 Å². The zero-order valence-electron chi connectivity index (χ0n) is 36.2. The minimum atomic E-state index is -0.589. The molecular formula is C46H76P2. The Labute approximate surface area is 301 Å². The summed E-state index contributed by atoms with van der Waals surface area (Å²) in [5.41, 5.74) is 12.7. The second kappa shape index (κ2) is 12.3. The van der Waals surface area contributed by atoms with Crippen molar-refractivity contribution in [2.24, 2.45) is 0 Å². The van der Waals surface area contributed by atoms with Crippen molar-refractivity contribution in [3.05, 3.63) is 68.8 Å². The third-order valence-corrected chi connectivity index (χ3v) is 17.5. The van der Waals surface area contributed by atoms with Gasteiger partial charge in [-0.2, -0.15) is 0 Å². The highest BCUT2D eigenvalue weighted by atomic mass is 31.2. The molecule has 0 aromatic heterocycles. The van der Waals surface area contributed by atoms with Crippen LogP contribution in [-0.4, -0.2) is 20.4 Å². The summed E-state index contributed by atoms with van der Waals surface area (Å²) in [5, 5.41) is 3.88. The lowest BCUT2D eigenvalue weighted by molar-refractivity contribution is 0.546. The lowest BCUT2D eigenvalue weighted by Gasteiger charge is -2.50.